The highest BCUT2D eigenvalue weighted by molar-refractivity contribution is 5.43. The number of hydrogen-bond acceptors (Lipinski definition) is 4. The molecule has 0 aliphatic heterocycles. The van der Waals surface area contributed by atoms with Crippen molar-refractivity contribution in [3.63, 3.8) is 0 Å². The van der Waals surface area contributed by atoms with Crippen LogP contribution in [0.1, 0.15) is 27.2 Å². The Morgan fingerprint density at radius 3 is 2.67 bits per heavy atom. The van der Waals surface area contributed by atoms with E-state index < -0.39 is 0 Å². The summed E-state index contributed by atoms with van der Waals surface area (Å²) in [6, 6.07) is 0. The van der Waals surface area contributed by atoms with Crippen LogP contribution in [0.4, 0.5) is 11.6 Å². The van der Waals surface area contributed by atoms with Crippen molar-refractivity contribution in [3.8, 4) is 0 Å². The van der Waals surface area contributed by atoms with Crippen molar-refractivity contribution in [1.29, 1.82) is 0 Å². The van der Waals surface area contributed by atoms with E-state index in [1.807, 2.05) is 6.20 Å². The van der Waals surface area contributed by atoms with Crippen LogP contribution in [-0.2, 0) is 0 Å². The average molecular weight is 208 g/mol. The summed E-state index contributed by atoms with van der Waals surface area (Å²) in [4.78, 5) is 10.9. The van der Waals surface area contributed by atoms with Crippen LogP contribution in [0.15, 0.2) is 12.4 Å². The predicted molar refractivity (Wildman–Crippen MR) is 64.4 cm³/mol. The SMILES string of the molecule is CCCN(CC)c1cncc(NCC)n1. The molecule has 0 atom stereocenters. The van der Waals surface area contributed by atoms with Crippen molar-refractivity contribution < 1.29 is 0 Å². The topological polar surface area (TPSA) is 41.1 Å². The Morgan fingerprint density at radius 2 is 2.07 bits per heavy atom. The normalized spacial score (nSPS) is 10.1. The fourth-order valence-electron chi connectivity index (χ4n) is 1.48. The molecule has 0 aliphatic rings. The lowest BCUT2D eigenvalue weighted by Crippen LogP contribution is -2.24. The summed E-state index contributed by atoms with van der Waals surface area (Å²) in [6.07, 6.45) is 4.70. The lowest BCUT2D eigenvalue weighted by atomic mass is 10.4. The second-order valence-corrected chi connectivity index (χ2v) is 3.37. The van der Waals surface area contributed by atoms with E-state index >= 15 is 0 Å². The van der Waals surface area contributed by atoms with Crippen molar-refractivity contribution >= 4 is 11.6 Å². The largest absolute Gasteiger partial charge is 0.369 e. The first-order valence-corrected chi connectivity index (χ1v) is 5.62. The molecule has 4 heteroatoms. The van der Waals surface area contributed by atoms with Crippen LogP contribution in [0, 0.1) is 0 Å². The molecule has 0 radical (unpaired) electrons. The molecule has 4 nitrogen and oxygen atoms in total. The molecular formula is C11H20N4. The Balaban J connectivity index is 2.77. The van der Waals surface area contributed by atoms with Crippen LogP contribution in [0.2, 0.25) is 0 Å². The van der Waals surface area contributed by atoms with Crippen LogP contribution in [0.5, 0.6) is 0 Å². The summed E-state index contributed by atoms with van der Waals surface area (Å²) >= 11 is 0. The van der Waals surface area contributed by atoms with Gasteiger partial charge in [0, 0.05) is 19.6 Å². The van der Waals surface area contributed by atoms with E-state index in [9.17, 15) is 0 Å². The van der Waals surface area contributed by atoms with Gasteiger partial charge in [-0.25, -0.2) is 4.98 Å². The molecule has 0 unspecified atom stereocenters. The molecule has 0 amide bonds. The van der Waals surface area contributed by atoms with E-state index in [1.54, 1.807) is 6.20 Å². The maximum absolute atomic E-state index is 4.50. The van der Waals surface area contributed by atoms with Gasteiger partial charge in [-0.2, -0.15) is 0 Å². The minimum Gasteiger partial charge on any atom is -0.369 e. The van der Waals surface area contributed by atoms with Gasteiger partial charge in [0.15, 0.2) is 0 Å². The Bertz CT molecular complexity index is 288. The highest BCUT2D eigenvalue weighted by atomic mass is 15.2. The van der Waals surface area contributed by atoms with Crippen molar-refractivity contribution in [1.82, 2.24) is 9.97 Å². The number of nitrogens with zero attached hydrogens (tertiary/aromatic N) is 3. The van der Waals surface area contributed by atoms with E-state index in [2.05, 4.69) is 41.0 Å². The zero-order chi connectivity index (χ0) is 11.1. The van der Waals surface area contributed by atoms with Gasteiger partial charge < -0.3 is 10.2 Å². The highest BCUT2D eigenvalue weighted by Crippen LogP contribution is 2.12. The van der Waals surface area contributed by atoms with E-state index in [1.165, 1.54) is 0 Å². The van der Waals surface area contributed by atoms with E-state index in [0.717, 1.165) is 37.7 Å². The summed E-state index contributed by atoms with van der Waals surface area (Å²) in [5, 5.41) is 3.17. The predicted octanol–water partition coefficient (Wildman–Crippen LogP) is 2.14. The third kappa shape index (κ3) is 3.38. The third-order valence-corrected chi connectivity index (χ3v) is 2.18. The molecule has 0 aliphatic carbocycles. The minimum absolute atomic E-state index is 0.851. The molecule has 0 saturated heterocycles. The van der Waals surface area contributed by atoms with Crippen LogP contribution < -0.4 is 10.2 Å². The molecule has 1 aromatic heterocycles. The first kappa shape index (κ1) is 11.8. The minimum atomic E-state index is 0.851. The van der Waals surface area contributed by atoms with Gasteiger partial charge >= 0.3 is 0 Å². The fraction of sp³-hybridized carbons (Fsp3) is 0.636. The van der Waals surface area contributed by atoms with Crippen LogP contribution >= 0.6 is 0 Å². The van der Waals surface area contributed by atoms with Crippen LogP contribution in [0.25, 0.3) is 0 Å². The molecule has 15 heavy (non-hydrogen) atoms. The smallest absolute Gasteiger partial charge is 0.149 e. The van der Waals surface area contributed by atoms with Gasteiger partial charge in [-0.05, 0) is 20.3 Å². The first-order chi connectivity index (χ1) is 7.31. The van der Waals surface area contributed by atoms with Crippen molar-refractivity contribution in [3.05, 3.63) is 12.4 Å². The van der Waals surface area contributed by atoms with Gasteiger partial charge in [0.25, 0.3) is 0 Å². The van der Waals surface area contributed by atoms with Gasteiger partial charge in [-0.3, -0.25) is 4.98 Å². The second-order valence-electron chi connectivity index (χ2n) is 3.37. The van der Waals surface area contributed by atoms with Crippen molar-refractivity contribution in [2.45, 2.75) is 27.2 Å². The van der Waals surface area contributed by atoms with Gasteiger partial charge in [0.1, 0.15) is 11.6 Å². The van der Waals surface area contributed by atoms with Crippen LogP contribution in [-0.4, -0.2) is 29.6 Å². The zero-order valence-corrected chi connectivity index (χ0v) is 9.82. The lowest BCUT2D eigenvalue weighted by Gasteiger charge is -2.21. The molecule has 1 heterocycles. The molecule has 1 N–H and O–H groups in total. The first-order valence-electron chi connectivity index (χ1n) is 5.62. The molecular weight excluding hydrogens is 188 g/mol. The monoisotopic (exact) mass is 208 g/mol. The van der Waals surface area contributed by atoms with Gasteiger partial charge in [-0.15, -0.1) is 0 Å². The summed E-state index contributed by atoms with van der Waals surface area (Å²) < 4.78 is 0. The summed E-state index contributed by atoms with van der Waals surface area (Å²) in [5.74, 6) is 1.81. The van der Waals surface area contributed by atoms with Gasteiger partial charge in [-0.1, -0.05) is 6.92 Å². The lowest BCUT2D eigenvalue weighted by molar-refractivity contribution is 0.775. The van der Waals surface area contributed by atoms with E-state index in [4.69, 9.17) is 0 Å². The number of rotatable bonds is 6. The van der Waals surface area contributed by atoms with E-state index in [0.29, 0.717) is 0 Å². The molecule has 0 saturated carbocycles. The molecule has 0 aromatic carbocycles. The number of nitrogens with one attached hydrogen (secondary N) is 1. The Morgan fingerprint density at radius 1 is 1.27 bits per heavy atom. The average Bonchev–Trinajstić information content (AvgIpc) is 2.27. The van der Waals surface area contributed by atoms with E-state index in [-0.39, 0.29) is 0 Å². The summed E-state index contributed by atoms with van der Waals surface area (Å²) in [6.45, 7) is 9.23. The molecule has 84 valence electrons. The molecule has 1 rings (SSSR count). The maximum Gasteiger partial charge on any atom is 0.149 e. The summed E-state index contributed by atoms with van der Waals surface area (Å²) in [7, 11) is 0. The van der Waals surface area contributed by atoms with Crippen LogP contribution in [0.3, 0.4) is 0 Å². The Kier molecular flexibility index (Phi) is 4.87. The standard InChI is InChI=1S/C11H20N4/c1-4-7-15(6-3)11-9-12-8-10(14-11)13-5-2/h8-9H,4-7H2,1-3H3,(H,13,14). The summed E-state index contributed by atoms with van der Waals surface area (Å²) in [5.41, 5.74) is 0. The van der Waals surface area contributed by atoms with Gasteiger partial charge in [0.05, 0.1) is 12.4 Å². The molecule has 0 spiro atoms. The zero-order valence-electron chi connectivity index (χ0n) is 9.82. The van der Waals surface area contributed by atoms with Crippen molar-refractivity contribution in [2.24, 2.45) is 0 Å². The molecule has 1 aromatic rings. The molecule has 0 fully saturated rings. The maximum atomic E-state index is 4.50. The fourth-order valence-corrected chi connectivity index (χ4v) is 1.48. The molecule has 0 bridgehead atoms. The Labute approximate surface area is 91.7 Å². The number of aromatic nitrogens is 2. The third-order valence-electron chi connectivity index (χ3n) is 2.18. The second kappa shape index (κ2) is 6.22. The quantitative estimate of drug-likeness (QED) is 0.777. The number of hydrogen-bond donors (Lipinski definition) is 1. The van der Waals surface area contributed by atoms with Gasteiger partial charge in [0.2, 0.25) is 0 Å². The Hall–Kier alpha value is -1.32. The number of anilines is 2. The van der Waals surface area contributed by atoms with Crippen molar-refractivity contribution in [2.75, 3.05) is 29.9 Å². The highest BCUT2D eigenvalue weighted by Gasteiger charge is 2.05.